The third-order valence-corrected chi connectivity index (χ3v) is 6.23. The van der Waals surface area contributed by atoms with Gasteiger partial charge in [-0.25, -0.2) is 0 Å². The minimum Gasteiger partial charge on any atom is -0.496 e. The largest absolute Gasteiger partial charge is 0.496 e. The number of rotatable bonds is 3. The summed E-state index contributed by atoms with van der Waals surface area (Å²) in [7, 11) is 1.64. The number of likely N-dealkylation sites (tertiary alicyclic amines) is 1. The van der Waals surface area contributed by atoms with Crippen LogP contribution >= 0.6 is 0 Å². The number of benzene rings is 2. The van der Waals surface area contributed by atoms with Gasteiger partial charge in [0.25, 0.3) is 5.91 Å². The highest BCUT2D eigenvalue weighted by Gasteiger charge is 2.38. The molecule has 0 spiro atoms. The number of carbonyl (C=O) groups is 2. The molecule has 0 aromatic heterocycles. The van der Waals surface area contributed by atoms with Gasteiger partial charge in [-0.2, -0.15) is 5.10 Å². The van der Waals surface area contributed by atoms with Crippen LogP contribution in [0.1, 0.15) is 41.6 Å². The van der Waals surface area contributed by atoms with Crippen LogP contribution in [0.4, 0.5) is 5.69 Å². The first kappa shape index (κ1) is 18.7. The van der Waals surface area contributed by atoms with Gasteiger partial charge in [0.05, 0.1) is 13.0 Å². The fourth-order valence-corrected chi connectivity index (χ4v) is 4.49. The van der Waals surface area contributed by atoms with Crippen molar-refractivity contribution >= 4 is 23.2 Å². The van der Waals surface area contributed by atoms with E-state index in [0.29, 0.717) is 23.8 Å². The molecule has 1 N–H and O–H groups in total. The van der Waals surface area contributed by atoms with Crippen molar-refractivity contribution in [2.24, 2.45) is 5.10 Å². The summed E-state index contributed by atoms with van der Waals surface area (Å²) in [6.45, 7) is 4.04. The lowest BCUT2D eigenvalue weighted by Gasteiger charge is -2.31. The van der Waals surface area contributed by atoms with Gasteiger partial charge in [-0.15, -0.1) is 0 Å². The number of hydrogen-bond acceptors (Lipinski definition) is 6. The maximum atomic E-state index is 12.6. The summed E-state index contributed by atoms with van der Waals surface area (Å²) in [6, 6.07) is 11.7. The lowest BCUT2D eigenvalue weighted by molar-refractivity contribution is -0.114. The number of Topliss-reactive ketones (excluding diaryl/α,β-unsaturated/α-hetero) is 1. The van der Waals surface area contributed by atoms with Crippen LogP contribution in [0.3, 0.4) is 0 Å². The van der Waals surface area contributed by atoms with E-state index in [-0.39, 0.29) is 17.6 Å². The Bertz CT molecular complexity index is 1050. The molecule has 0 radical (unpaired) electrons. The first-order chi connectivity index (χ1) is 14.6. The molecule has 0 aliphatic carbocycles. The summed E-state index contributed by atoms with van der Waals surface area (Å²) in [5, 5.41) is 4.17. The molecule has 0 bridgehead atoms. The zero-order valence-corrected chi connectivity index (χ0v) is 17.1. The Hall–Kier alpha value is -3.35. The van der Waals surface area contributed by atoms with E-state index >= 15 is 0 Å². The van der Waals surface area contributed by atoms with Gasteiger partial charge in [0.15, 0.2) is 5.84 Å². The highest BCUT2D eigenvalue weighted by molar-refractivity contribution is 6.47. The fraction of sp³-hybridized carbons (Fsp3) is 0.348. The van der Waals surface area contributed by atoms with Crippen LogP contribution < -0.4 is 15.1 Å². The maximum absolute atomic E-state index is 12.6. The molecule has 3 aliphatic rings. The van der Waals surface area contributed by atoms with Gasteiger partial charge in [0.1, 0.15) is 12.4 Å². The molecule has 3 heterocycles. The number of nitrogens with zero attached hydrogens (tertiary/aromatic N) is 3. The molecule has 30 heavy (non-hydrogen) atoms. The Morgan fingerprint density at radius 2 is 1.90 bits per heavy atom. The van der Waals surface area contributed by atoms with Crippen LogP contribution in [-0.2, 0) is 4.79 Å². The Balaban J connectivity index is 1.53. The summed E-state index contributed by atoms with van der Waals surface area (Å²) in [6.07, 6.45) is 2.15. The van der Waals surface area contributed by atoms with Gasteiger partial charge in [0.2, 0.25) is 5.78 Å². The molecule has 7 heteroatoms. The van der Waals surface area contributed by atoms with E-state index in [1.165, 1.54) is 0 Å². The van der Waals surface area contributed by atoms with Crippen LogP contribution in [-0.4, -0.2) is 49.3 Å². The molecule has 1 amide bonds. The third-order valence-electron chi connectivity index (χ3n) is 6.23. The molecular weight excluding hydrogens is 380 g/mol. The standard InChI is InChI=1S/C23H24N4O3/c1-14-17-12-20(30-2)18(11-19(17)27-13-24-25-22(27)21(14)28)15-5-7-16(8-6-15)23(29)26-9-3-4-10-26/h5-8,11-12,14,24H,3-4,9-10,13H2,1-2H3. The molecular formula is C23H24N4O3. The smallest absolute Gasteiger partial charge is 0.253 e. The third kappa shape index (κ3) is 2.84. The Morgan fingerprint density at radius 1 is 1.17 bits per heavy atom. The normalized spacial score (nSPS) is 19.9. The van der Waals surface area contributed by atoms with Gasteiger partial charge in [-0.3, -0.25) is 15.0 Å². The number of methoxy groups -OCH3 is 1. The SMILES string of the molecule is COc1cc2c(cc1-c1ccc(C(=O)N3CCCC3)cc1)N1CNN=C1C(=O)C2C. The molecule has 5 rings (SSSR count). The van der Waals surface area contributed by atoms with E-state index in [4.69, 9.17) is 4.74 Å². The number of amides is 1. The van der Waals surface area contributed by atoms with Crippen LogP contribution in [0.15, 0.2) is 41.5 Å². The second-order valence-electron chi connectivity index (χ2n) is 7.95. The summed E-state index contributed by atoms with van der Waals surface area (Å²) >= 11 is 0. The zero-order valence-electron chi connectivity index (χ0n) is 17.1. The van der Waals surface area contributed by atoms with E-state index < -0.39 is 0 Å². The van der Waals surface area contributed by atoms with Gasteiger partial charge < -0.3 is 14.5 Å². The molecule has 1 fully saturated rings. The summed E-state index contributed by atoms with van der Waals surface area (Å²) in [4.78, 5) is 29.1. The van der Waals surface area contributed by atoms with Crippen molar-refractivity contribution in [3.63, 3.8) is 0 Å². The van der Waals surface area contributed by atoms with Crippen molar-refractivity contribution in [2.75, 3.05) is 31.8 Å². The van der Waals surface area contributed by atoms with Crippen molar-refractivity contribution in [3.8, 4) is 16.9 Å². The average Bonchev–Trinajstić information content (AvgIpc) is 3.49. The predicted octanol–water partition coefficient (Wildman–Crippen LogP) is 2.97. The van der Waals surface area contributed by atoms with Crippen LogP contribution in [0.2, 0.25) is 0 Å². The van der Waals surface area contributed by atoms with Crippen molar-refractivity contribution in [3.05, 3.63) is 47.5 Å². The van der Waals surface area contributed by atoms with E-state index in [2.05, 4.69) is 16.6 Å². The van der Waals surface area contributed by atoms with E-state index in [1.807, 2.05) is 47.1 Å². The minimum absolute atomic E-state index is 0.00656. The van der Waals surface area contributed by atoms with Gasteiger partial charge in [0, 0.05) is 29.9 Å². The molecule has 3 aliphatic heterocycles. The van der Waals surface area contributed by atoms with Crippen LogP contribution in [0, 0.1) is 0 Å². The number of hydrogen-bond donors (Lipinski definition) is 1. The maximum Gasteiger partial charge on any atom is 0.253 e. The summed E-state index contributed by atoms with van der Waals surface area (Å²) in [5.41, 5.74) is 7.39. The molecule has 7 nitrogen and oxygen atoms in total. The van der Waals surface area contributed by atoms with Crippen molar-refractivity contribution < 1.29 is 14.3 Å². The highest BCUT2D eigenvalue weighted by Crippen LogP contribution is 2.42. The van der Waals surface area contributed by atoms with Gasteiger partial charge in [-0.1, -0.05) is 19.1 Å². The van der Waals surface area contributed by atoms with Crippen LogP contribution in [0.5, 0.6) is 5.75 Å². The number of hydrazone groups is 1. The number of fused-ring (bicyclic) bond motifs is 3. The molecule has 1 atom stereocenters. The van der Waals surface area contributed by atoms with Gasteiger partial charge in [-0.05, 0) is 48.2 Å². The molecule has 1 unspecified atom stereocenters. The topological polar surface area (TPSA) is 74.2 Å². The number of amidine groups is 1. The molecule has 0 saturated carbocycles. The lowest BCUT2D eigenvalue weighted by Crippen LogP contribution is -2.41. The second-order valence-corrected chi connectivity index (χ2v) is 7.95. The monoisotopic (exact) mass is 404 g/mol. The number of ether oxygens (including phenoxy) is 1. The molecule has 1 saturated heterocycles. The van der Waals surface area contributed by atoms with Crippen molar-refractivity contribution in [1.82, 2.24) is 10.3 Å². The van der Waals surface area contributed by atoms with E-state index in [1.54, 1.807) is 7.11 Å². The van der Waals surface area contributed by atoms with Crippen molar-refractivity contribution in [1.29, 1.82) is 0 Å². The van der Waals surface area contributed by atoms with E-state index in [0.717, 1.165) is 48.3 Å². The zero-order chi connectivity index (χ0) is 20.8. The lowest BCUT2D eigenvalue weighted by atomic mass is 9.87. The Kier molecular flexibility index (Phi) is 4.46. The molecule has 2 aromatic carbocycles. The summed E-state index contributed by atoms with van der Waals surface area (Å²) in [5.74, 6) is 0.982. The Morgan fingerprint density at radius 3 is 2.60 bits per heavy atom. The number of nitrogens with one attached hydrogen (secondary N) is 1. The first-order valence-corrected chi connectivity index (χ1v) is 10.3. The Labute approximate surface area is 175 Å². The molecule has 2 aromatic rings. The van der Waals surface area contributed by atoms with Gasteiger partial charge >= 0.3 is 0 Å². The number of anilines is 1. The predicted molar refractivity (Wildman–Crippen MR) is 115 cm³/mol. The first-order valence-electron chi connectivity index (χ1n) is 10.3. The molecule has 154 valence electrons. The fourth-order valence-electron chi connectivity index (χ4n) is 4.49. The van der Waals surface area contributed by atoms with E-state index in [9.17, 15) is 9.59 Å². The number of ketones is 1. The van der Waals surface area contributed by atoms with Crippen molar-refractivity contribution in [2.45, 2.75) is 25.7 Å². The summed E-state index contributed by atoms with van der Waals surface area (Å²) < 4.78 is 5.67. The highest BCUT2D eigenvalue weighted by atomic mass is 16.5. The number of carbonyl (C=O) groups excluding carboxylic acids is 2. The quantitative estimate of drug-likeness (QED) is 0.851. The van der Waals surface area contributed by atoms with Crippen LogP contribution in [0.25, 0.3) is 11.1 Å². The second kappa shape index (κ2) is 7.16. The minimum atomic E-state index is -0.279. The average molecular weight is 404 g/mol.